The molecule has 1 aliphatic carbocycles. The third-order valence-electron chi connectivity index (χ3n) is 5.80. The quantitative estimate of drug-likeness (QED) is 0.846. The summed E-state index contributed by atoms with van der Waals surface area (Å²) in [5.41, 5.74) is 6.34. The summed E-state index contributed by atoms with van der Waals surface area (Å²) < 4.78 is 0. The van der Waals surface area contributed by atoms with Gasteiger partial charge in [-0.2, -0.15) is 0 Å². The summed E-state index contributed by atoms with van der Waals surface area (Å²) in [5.74, 6) is 1.72. The molecule has 0 aromatic heterocycles. The van der Waals surface area contributed by atoms with Crippen molar-refractivity contribution in [2.45, 2.75) is 57.5 Å². The number of fused-ring (bicyclic) bond motifs is 1. The Morgan fingerprint density at radius 1 is 1.05 bits per heavy atom. The van der Waals surface area contributed by atoms with E-state index < -0.39 is 0 Å². The van der Waals surface area contributed by atoms with E-state index in [0.717, 1.165) is 17.9 Å². The summed E-state index contributed by atoms with van der Waals surface area (Å²) >= 11 is 0. The zero-order chi connectivity index (χ0) is 13.2. The van der Waals surface area contributed by atoms with Crippen LogP contribution in [-0.2, 0) is 0 Å². The molecule has 3 nitrogen and oxygen atoms in total. The van der Waals surface area contributed by atoms with E-state index in [9.17, 15) is 0 Å². The first-order valence-corrected chi connectivity index (χ1v) is 8.50. The number of hydrogen-bond donors (Lipinski definition) is 1. The monoisotopic (exact) mass is 265 g/mol. The van der Waals surface area contributed by atoms with Crippen LogP contribution in [0.1, 0.15) is 45.4 Å². The van der Waals surface area contributed by atoms with Crippen LogP contribution in [0.2, 0.25) is 0 Å². The average Bonchev–Trinajstić information content (AvgIpc) is 2.85. The first-order chi connectivity index (χ1) is 9.28. The van der Waals surface area contributed by atoms with Gasteiger partial charge < -0.3 is 10.6 Å². The zero-order valence-electron chi connectivity index (χ0n) is 12.6. The van der Waals surface area contributed by atoms with E-state index in [2.05, 4.69) is 16.7 Å². The van der Waals surface area contributed by atoms with E-state index in [4.69, 9.17) is 5.73 Å². The molecule has 0 radical (unpaired) electrons. The zero-order valence-corrected chi connectivity index (χ0v) is 12.6. The third kappa shape index (κ3) is 2.98. The molecule has 19 heavy (non-hydrogen) atoms. The van der Waals surface area contributed by atoms with Crippen LogP contribution in [0.3, 0.4) is 0 Å². The molecule has 3 atom stereocenters. The van der Waals surface area contributed by atoms with Crippen LogP contribution in [0.5, 0.6) is 0 Å². The highest BCUT2D eigenvalue weighted by Crippen LogP contribution is 2.37. The highest BCUT2D eigenvalue weighted by molar-refractivity contribution is 4.96. The molecule has 0 aromatic carbocycles. The van der Waals surface area contributed by atoms with Crippen LogP contribution < -0.4 is 5.73 Å². The first kappa shape index (κ1) is 13.8. The van der Waals surface area contributed by atoms with Crippen molar-refractivity contribution < 1.29 is 0 Å². The minimum Gasteiger partial charge on any atom is -0.327 e. The van der Waals surface area contributed by atoms with E-state index in [1.807, 2.05) is 0 Å². The molecule has 1 saturated carbocycles. The van der Waals surface area contributed by atoms with Crippen molar-refractivity contribution in [3.63, 3.8) is 0 Å². The van der Waals surface area contributed by atoms with Crippen LogP contribution >= 0.6 is 0 Å². The van der Waals surface area contributed by atoms with Crippen molar-refractivity contribution in [1.29, 1.82) is 0 Å². The summed E-state index contributed by atoms with van der Waals surface area (Å²) in [6, 6.07) is 1.34. The van der Waals surface area contributed by atoms with E-state index in [-0.39, 0.29) is 0 Å². The van der Waals surface area contributed by atoms with Crippen molar-refractivity contribution in [1.82, 2.24) is 9.80 Å². The Morgan fingerprint density at radius 3 is 2.53 bits per heavy atom. The molecule has 3 rings (SSSR count). The number of nitrogens with zero attached hydrogens (tertiary/aromatic N) is 2. The fraction of sp³-hybridized carbons (Fsp3) is 1.00. The molecule has 110 valence electrons. The van der Waals surface area contributed by atoms with Crippen LogP contribution in [-0.4, -0.2) is 54.6 Å². The van der Waals surface area contributed by atoms with Gasteiger partial charge in [0.2, 0.25) is 0 Å². The second kappa shape index (κ2) is 6.11. The summed E-state index contributed by atoms with van der Waals surface area (Å²) in [4.78, 5) is 5.44. The van der Waals surface area contributed by atoms with Gasteiger partial charge in [0.25, 0.3) is 0 Å². The van der Waals surface area contributed by atoms with Gasteiger partial charge in [-0.25, -0.2) is 0 Å². The molecule has 3 aliphatic rings. The summed E-state index contributed by atoms with van der Waals surface area (Å²) in [6.07, 6.45) is 8.13. The van der Waals surface area contributed by atoms with Gasteiger partial charge in [0, 0.05) is 25.2 Å². The molecule has 3 unspecified atom stereocenters. The normalized spacial score (nSPS) is 38.5. The minimum atomic E-state index is 0.490. The van der Waals surface area contributed by atoms with E-state index in [0.29, 0.717) is 6.04 Å². The molecule has 2 heterocycles. The van der Waals surface area contributed by atoms with Gasteiger partial charge in [0.05, 0.1) is 0 Å². The van der Waals surface area contributed by atoms with Gasteiger partial charge in [0.1, 0.15) is 0 Å². The van der Waals surface area contributed by atoms with Gasteiger partial charge in [0.15, 0.2) is 0 Å². The summed E-state index contributed by atoms with van der Waals surface area (Å²) in [7, 11) is 0. The molecule has 2 aliphatic heterocycles. The number of rotatable bonds is 3. The second-order valence-corrected chi connectivity index (χ2v) is 7.05. The van der Waals surface area contributed by atoms with Crippen LogP contribution in [0.4, 0.5) is 0 Å². The Kier molecular flexibility index (Phi) is 4.45. The van der Waals surface area contributed by atoms with Crippen molar-refractivity contribution in [3.8, 4) is 0 Å². The highest BCUT2D eigenvalue weighted by Gasteiger charge is 2.41. The van der Waals surface area contributed by atoms with Crippen LogP contribution in [0.25, 0.3) is 0 Å². The highest BCUT2D eigenvalue weighted by atomic mass is 15.2. The van der Waals surface area contributed by atoms with E-state index in [1.54, 1.807) is 0 Å². The number of hydrogen-bond acceptors (Lipinski definition) is 3. The van der Waals surface area contributed by atoms with Crippen molar-refractivity contribution >= 4 is 0 Å². The minimum absolute atomic E-state index is 0.490. The Balaban J connectivity index is 1.51. The molecule has 0 amide bonds. The Labute approximate surface area is 118 Å². The van der Waals surface area contributed by atoms with Crippen molar-refractivity contribution in [2.75, 3.05) is 32.7 Å². The van der Waals surface area contributed by atoms with Crippen LogP contribution in [0, 0.1) is 11.8 Å². The third-order valence-corrected chi connectivity index (χ3v) is 5.80. The Bertz CT molecular complexity index is 286. The predicted octanol–water partition coefficient (Wildman–Crippen LogP) is 1.92. The molecular weight excluding hydrogens is 234 g/mol. The van der Waals surface area contributed by atoms with E-state index in [1.165, 1.54) is 71.2 Å². The molecule has 3 fully saturated rings. The molecule has 0 aromatic rings. The number of nitrogens with two attached hydrogens (primary N) is 1. The fourth-order valence-corrected chi connectivity index (χ4v) is 4.67. The molecule has 3 heteroatoms. The van der Waals surface area contributed by atoms with Crippen LogP contribution in [0.15, 0.2) is 0 Å². The Hall–Kier alpha value is -0.120. The number of likely N-dealkylation sites (tertiary alicyclic amines) is 2. The lowest BCUT2D eigenvalue weighted by molar-refractivity contribution is 0.122. The smallest absolute Gasteiger partial charge is 0.0120 e. The van der Waals surface area contributed by atoms with Crippen molar-refractivity contribution in [2.24, 2.45) is 17.6 Å². The van der Waals surface area contributed by atoms with Crippen molar-refractivity contribution in [3.05, 3.63) is 0 Å². The largest absolute Gasteiger partial charge is 0.327 e. The number of piperidine rings is 1. The molecular formula is C16H31N3. The lowest BCUT2D eigenvalue weighted by Gasteiger charge is -2.36. The van der Waals surface area contributed by atoms with Gasteiger partial charge in [-0.3, -0.25) is 4.90 Å². The Morgan fingerprint density at radius 2 is 1.84 bits per heavy atom. The summed E-state index contributed by atoms with van der Waals surface area (Å²) in [5, 5.41) is 0. The van der Waals surface area contributed by atoms with E-state index >= 15 is 0 Å². The molecule has 0 bridgehead atoms. The van der Waals surface area contributed by atoms with Gasteiger partial charge >= 0.3 is 0 Å². The first-order valence-electron chi connectivity index (χ1n) is 8.50. The van der Waals surface area contributed by atoms with Gasteiger partial charge in [-0.05, 0) is 63.6 Å². The lowest BCUT2D eigenvalue weighted by atomic mass is 9.78. The summed E-state index contributed by atoms with van der Waals surface area (Å²) in [6.45, 7) is 8.86. The fourth-order valence-electron chi connectivity index (χ4n) is 4.67. The lowest BCUT2D eigenvalue weighted by Crippen LogP contribution is -2.44. The predicted molar refractivity (Wildman–Crippen MR) is 80.1 cm³/mol. The maximum Gasteiger partial charge on any atom is 0.0120 e. The SMILES string of the molecule is CCCN1CCC(N2CC3CCCC(N)C3C2)CC1. The molecule has 2 N–H and O–H groups in total. The second-order valence-electron chi connectivity index (χ2n) is 7.05. The maximum atomic E-state index is 6.34. The molecule has 0 spiro atoms. The standard InChI is InChI=1S/C16H31N3/c1-2-8-18-9-6-14(7-10-18)19-11-13-4-3-5-16(17)15(13)12-19/h13-16H,2-12,17H2,1H3. The van der Waals surface area contributed by atoms with Gasteiger partial charge in [-0.1, -0.05) is 13.3 Å². The average molecular weight is 265 g/mol. The molecule has 2 saturated heterocycles. The topological polar surface area (TPSA) is 32.5 Å². The maximum absolute atomic E-state index is 6.34. The van der Waals surface area contributed by atoms with Gasteiger partial charge in [-0.15, -0.1) is 0 Å².